The Kier molecular flexibility index (Phi) is 6.76. The zero-order valence-electron chi connectivity index (χ0n) is 16.9. The molecule has 0 aliphatic rings. The second-order valence-corrected chi connectivity index (χ2v) is 7.68. The van der Waals surface area contributed by atoms with Crippen molar-refractivity contribution >= 4 is 11.9 Å². The molecule has 0 bridgehead atoms. The lowest BCUT2D eigenvalue weighted by Crippen LogP contribution is -2.44. The maximum absolute atomic E-state index is 13.1. The van der Waals surface area contributed by atoms with Crippen molar-refractivity contribution < 1.29 is 24.2 Å². The monoisotopic (exact) mass is 426 g/mol. The number of aromatic nitrogens is 3. The Morgan fingerprint density at radius 1 is 1.13 bits per heavy atom. The number of carbonyl (C=O) groups is 2. The Morgan fingerprint density at radius 3 is 2.26 bits per heavy atom. The third kappa shape index (κ3) is 5.52. The van der Waals surface area contributed by atoms with Gasteiger partial charge in [-0.2, -0.15) is 0 Å². The van der Waals surface area contributed by atoms with Gasteiger partial charge in [-0.25, -0.2) is 4.39 Å². The van der Waals surface area contributed by atoms with Gasteiger partial charge in [-0.15, -0.1) is 5.10 Å². The van der Waals surface area contributed by atoms with Crippen LogP contribution < -0.4 is 5.32 Å². The van der Waals surface area contributed by atoms with Crippen LogP contribution in [0.25, 0.3) is 11.1 Å². The van der Waals surface area contributed by atoms with Gasteiger partial charge in [-0.1, -0.05) is 41.6 Å². The Morgan fingerprint density at radius 2 is 1.74 bits per heavy atom. The number of amides is 1. The molecule has 162 valence electrons. The Hall–Kier alpha value is -3.59. The number of H-pyrrole nitrogens is 1. The van der Waals surface area contributed by atoms with Crippen LogP contribution in [0.1, 0.15) is 29.4 Å². The second-order valence-electron chi connectivity index (χ2n) is 7.68. The van der Waals surface area contributed by atoms with Crippen LogP contribution in [0.15, 0.2) is 54.7 Å². The number of aromatic amines is 1. The summed E-state index contributed by atoms with van der Waals surface area (Å²) < 4.78 is 13.1. The molecule has 0 spiro atoms. The van der Waals surface area contributed by atoms with Crippen molar-refractivity contribution in [2.24, 2.45) is 5.41 Å². The fourth-order valence-corrected chi connectivity index (χ4v) is 3.27. The molecule has 0 saturated heterocycles. The van der Waals surface area contributed by atoms with E-state index in [0.29, 0.717) is 6.42 Å². The number of carboxylic acids is 1. The van der Waals surface area contributed by atoms with Gasteiger partial charge in [0, 0.05) is 6.04 Å². The molecule has 8 nitrogen and oxygen atoms in total. The molecule has 0 fully saturated rings. The number of aliphatic hydroxyl groups excluding tert-OH is 1. The molecule has 0 saturated carbocycles. The second kappa shape index (κ2) is 9.48. The zero-order valence-corrected chi connectivity index (χ0v) is 16.9. The van der Waals surface area contributed by atoms with Crippen molar-refractivity contribution in [1.29, 1.82) is 0 Å². The molecule has 1 amide bonds. The first-order valence-electron chi connectivity index (χ1n) is 9.67. The quantitative estimate of drug-likeness (QED) is 0.416. The zero-order chi connectivity index (χ0) is 22.4. The number of aliphatic hydroxyl groups is 1. The molecule has 0 unspecified atom stereocenters. The molecule has 1 heterocycles. The standard InChI is InChI=1S/C22H23FN4O4/c1-22(13-28,21(30)31)11-18(25-20(29)19-12-24-27-26-19)10-14-2-4-15(5-3-14)16-6-8-17(23)9-7-16/h2-9,12,18,28H,10-11,13H2,1H3,(H,25,29)(H,30,31)(H,24,26,27)/t18-,22+/m1/s1. The molecule has 2 atom stereocenters. The van der Waals surface area contributed by atoms with E-state index in [4.69, 9.17) is 0 Å². The van der Waals surface area contributed by atoms with Crippen molar-refractivity contribution in [2.75, 3.05) is 6.61 Å². The highest BCUT2D eigenvalue weighted by atomic mass is 19.1. The molecular formula is C22H23FN4O4. The van der Waals surface area contributed by atoms with Crippen LogP contribution in [0.5, 0.6) is 0 Å². The lowest BCUT2D eigenvalue weighted by molar-refractivity contribution is -0.151. The first-order chi connectivity index (χ1) is 14.8. The van der Waals surface area contributed by atoms with Crippen molar-refractivity contribution in [3.63, 3.8) is 0 Å². The van der Waals surface area contributed by atoms with E-state index in [0.717, 1.165) is 16.7 Å². The van der Waals surface area contributed by atoms with Crippen LogP contribution in [0.2, 0.25) is 0 Å². The number of hydrogen-bond acceptors (Lipinski definition) is 5. The Labute approximate surface area is 178 Å². The highest BCUT2D eigenvalue weighted by Gasteiger charge is 2.36. The van der Waals surface area contributed by atoms with E-state index in [9.17, 15) is 24.2 Å². The van der Waals surface area contributed by atoms with Gasteiger partial charge in [0.1, 0.15) is 11.5 Å². The summed E-state index contributed by atoms with van der Waals surface area (Å²) in [6.45, 7) is 0.869. The van der Waals surface area contributed by atoms with E-state index in [2.05, 4.69) is 20.7 Å². The third-order valence-electron chi connectivity index (χ3n) is 5.17. The van der Waals surface area contributed by atoms with Gasteiger partial charge in [0.2, 0.25) is 0 Å². The van der Waals surface area contributed by atoms with Gasteiger partial charge in [0.25, 0.3) is 5.91 Å². The molecular weight excluding hydrogens is 403 g/mol. The number of rotatable bonds is 9. The molecule has 3 aromatic rings. The van der Waals surface area contributed by atoms with Crippen molar-refractivity contribution in [1.82, 2.24) is 20.7 Å². The highest BCUT2D eigenvalue weighted by molar-refractivity contribution is 5.92. The first-order valence-corrected chi connectivity index (χ1v) is 9.67. The molecule has 0 aliphatic heterocycles. The smallest absolute Gasteiger partial charge is 0.311 e. The number of benzene rings is 2. The minimum Gasteiger partial charge on any atom is -0.481 e. The largest absolute Gasteiger partial charge is 0.481 e. The van der Waals surface area contributed by atoms with Gasteiger partial charge in [-0.05, 0) is 48.6 Å². The van der Waals surface area contributed by atoms with Crippen LogP contribution in [0.4, 0.5) is 4.39 Å². The molecule has 3 rings (SSSR count). The lowest BCUT2D eigenvalue weighted by atomic mass is 9.82. The van der Waals surface area contributed by atoms with Crippen LogP contribution in [-0.2, 0) is 11.2 Å². The lowest BCUT2D eigenvalue weighted by Gasteiger charge is -2.28. The van der Waals surface area contributed by atoms with Gasteiger partial charge < -0.3 is 15.5 Å². The van der Waals surface area contributed by atoms with Gasteiger partial charge in [-0.3, -0.25) is 14.7 Å². The topological polar surface area (TPSA) is 128 Å². The average molecular weight is 426 g/mol. The molecule has 1 aromatic heterocycles. The number of carbonyl (C=O) groups excluding carboxylic acids is 1. The fourth-order valence-electron chi connectivity index (χ4n) is 3.27. The van der Waals surface area contributed by atoms with Crippen LogP contribution in [0.3, 0.4) is 0 Å². The summed E-state index contributed by atoms with van der Waals surface area (Å²) in [5.41, 5.74) is 1.36. The molecule has 0 radical (unpaired) electrons. The summed E-state index contributed by atoms with van der Waals surface area (Å²) >= 11 is 0. The van der Waals surface area contributed by atoms with Gasteiger partial charge in [0.15, 0.2) is 0 Å². The van der Waals surface area contributed by atoms with E-state index in [1.54, 1.807) is 12.1 Å². The van der Waals surface area contributed by atoms with Gasteiger partial charge in [0.05, 0.1) is 18.2 Å². The summed E-state index contributed by atoms with van der Waals surface area (Å²) in [7, 11) is 0. The summed E-state index contributed by atoms with van der Waals surface area (Å²) in [4.78, 5) is 24.1. The number of carboxylic acid groups (broad SMARTS) is 1. The summed E-state index contributed by atoms with van der Waals surface area (Å²) in [6, 6.07) is 13.1. The minimum absolute atomic E-state index is 0.0197. The summed E-state index contributed by atoms with van der Waals surface area (Å²) in [5, 5.41) is 31.5. The Balaban J connectivity index is 1.79. The molecule has 4 N–H and O–H groups in total. The van der Waals surface area contributed by atoms with E-state index in [-0.39, 0.29) is 17.9 Å². The van der Waals surface area contributed by atoms with E-state index < -0.39 is 29.9 Å². The van der Waals surface area contributed by atoms with Crippen molar-refractivity contribution in [3.05, 3.63) is 71.8 Å². The number of hydrogen-bond donors (Lipinski definition) is 4. The number of nitrogens with one attached hydrogen (secondary N) is 2. The number of aliphatic carboxylic acids is 1. The van der Waals surface area contributed by atoms with Crippen molar-refractivity contribution in [3.8, 4) is 11.1 Å². The van der Waals surface area contributed by atoms with Crippen LogP contribution in [0, 0.1) is 11.2 Å². The normalized spacial score (nSPS) is 13.9. The summed E-state index contributed by atoms with van der Waals surface area (Å²) in [6.07, 6.45) is 1.64. The third-order valence-corrected chi connectivity index (χ3v) is 5.17. The molecule has 9 heteroatoms. The summed E-state index contributed by atoms with van der Waals surface area (Å²) in [5.74, 6) is -1.93. The van der Waals surface area contributed by atoms with Crippen LogP contribution >= 0.6 is 0 Å². The van der Waals surface area contributed by atoms with E-state index in [1.807, 2.05) is 24.3 Å². The molecule has 0 aliphatic carbocycles. The first kappa shape index (κ1) is 22.1. The minimum atomic E-state index is -1.42. The number of nitrogens with zero attached hydrogens (tertiary/aromatic N) is 2. The highest BCUT2D eigenvalue weighted by Crippen LogP contribution is 2.26. The van der Waals surface area contributed by atoms with E-state index >= 15 is 0 Å². The predicted octanol–water partition coefficient (Wildman–Crippen LogP) is 2.43. The molecule has 2 aromatic carbocycles. The number of halogens is 1. The van der Waals surface area contributed by atoms with E-state index in [1.165, 1.54) is 25.3 Å². The predicted molar refractivity (Wildman–Crippen MR) is 111 cm³/mol. The average Bonchev–Trinajstić information content (AvgIpc) is 3.30. The van der Waals surface area contributed by atoms with Gasteiger partial charge >= 0.3 is 5.97 Å². The SMILES string of the molecule is C[C@@](CO)(C[C@@H](Cc1ccc(-c2ccc(F)cc2)cc1)NC(=O)c1cnn[nH]1)C(=O)O. The van der Waals surface area contributed by atoms with Crippen LogP contribution in [-0.4, -0.2) is 50.1 Å². The fraction of sp³-hybridized carbons (Fsp3) is 0.273. The molecule has 31 heavy (non-hydrogen) atoms. The Bertz CT molecular complexity index is 1020. The van der Waals surface area contributed by atoms with Crippen molar-refractivity contribution in [2.45, 2.75) is 25.8 Å². The maximum Gasteiger partial charge on any atom is 0.311 e. The maximum atomic E-state index is 13.1.